The van der Waals surface area contributed by atoms with Crippen molar-refractivity contribution in [3.05, 3.63) is 0 Å². The molecule has 1 fully saturated rings. The standard InChI is InChI=1S/C11H25N3/c1-3-5-11(12)10-14-8-6-13(4-2)7-9-14/h11H,3-10,12H2,1-2H3/t11-/m0/s1. The maximum Gasteiger partial charge on any atom is 0.0167 e. The van der Waals surface area contributed by atoms with E-state index in [0.29, 0.717) is 6.04 Å². The molecule has 0 amide bonds. The zero-order valence-electron chi connectivity index (χ0n) is 9.71. The van der Waals surface area contributed by atoms with Gasteiger partial charge < -0.3 is 10.6 Å². The molecule has 0 aromatic carbocycles. The van der Waals surface area contributed by atoms with Gasteiger partial charge in [-0.25, -0.2) is 0 Å². The summed E-state index contributed by atoms with van der Waals surface area (Å²) in [5.41, 5.74) is 6.03. The summed E-state index contributed by atoms with van der Waals surface area (Å²) >= 11 is 0. The van der Waals surface area contributed by atoms with E-state index in [2.05, 4.69) is 23.6 Å². The Morgan fingerprint density at radius 1 is 1.07 bits per heavy atom. The predicted molar refractivity (Wildman–Crippen MR) is 61.4 cm³/mol. The van der Waals surface area contributed by atoms with Crippen LogP contribution < -0.4 is 5.73 Å². The van der Waals surface area contributed by atoms with Crippen LogP contribution in [0.2, 0.25) is 0 Å². The second kappa shape index (κ2) is 6.38. The summed E-state index contributed by atoms with van der Waals surface area (Å²) in [7, 11) is 0. The Kier molecular flexibility index (Phi) is 5.45. The molecule has 0 aromatic rings. The number of piperazine rings is 1. The van der Waals surface area contributed by atoms with Gasteiger partial charge in [0.05, 0.1) is 0 Å². The molecular formula is C11H25N3. The van der Waals surface area contributed by atoms with Crippen molar-refractivity contribution in [2.75, 3.05) is 39.3 Å². The normalized spacial score (nSPS) is 22.5. The summed E-state index contributed by atoms with van der Waals surface area (Å²) in [6.45, 7) is 11.6. The highest BCUT2D eigenvalue weighted by molar-refractivity contribution is 4.74. The first-order chi connectivity index (χ1) is 6.76. The van der Waals surface area contributed by atoms with Gasteiger partial charge in [-0.05, 0) is 13.0 Å². The fourth-order valence-corrected chi connectivity index (χ4v) is 2.08. The summed E-state index contributed by atoms with van der Waals surface area (Å²) < 4.78 is 0. The van der Waals surface area contributed by atoms with Gasteiger partial charge in [0.2, 0.25) is 0 Å². The van der Waals surface area contributed by atoms with Crippen molar-refractivity contribution in [1.29, 1.82) is 0 Å². The van der Waals surface area contributed by atoms with E-state index in [9.17, 15) is 0 Å². The molecule has 3 nitrogen and oxygen atoms in total. The molecule has 1 aliphatic rings. The minimum absolute atomic E-state index is 0.383. The van der Waals surface area contributed by atoms with Gasteiger partial charge in [0.1, 0.15) is 0 Å². The first-order valence-electron chi connectivity index (χ1n) is 5.96. The van der Waals surface area contributed by atoms with Gasteiger partial charge in [-0.1, -0.05) is 20.3 Å². The maximum absolute atomic E-state index is 6.03. The Bertz CT molecular complexity index is 141. The van der Waals surface area contributed by atoms with E-state index in [-0.39, 0.29) is 0 Å². The number of nitrogens with zero attached hydrogens (tertiary/aromatic N) is 2. The van der Waals surface area contributed by atoms with Crippen LogP contribution in [-0.2, 0) is 0 Å². The molecule has 2 N–H and O–H groups in total. The summed E-state index contributed by atoms with van der Waals surface area (Å²) in [6.07, 6.45) is 2.37. The first kappa shape index (κ1) is 12.0. The lowest BCUT2D eigenvalue weighted by Crippen LogP contribution is -2.49. The average molecular weight is 199 g/mol. The fraction of sp³-hybridized carbons (Fsp3) is 1.00. The molecule has 1 heterocycles. The van der Waals surface area contributed by atoms with Crippen LogP contribution in [0, 0.1) is 0 Å². The summed E-state index contributed by atoms with van der Waals surface area (Å²) in [4.78, 5) is 5.01. The molecule has 0 aliphatic carbocycles. The van der Waals surface area contributed by atoms with Gasteiger partial charge in [-0.15, -0.1) is 0 Å². The monoisotopic (exact) mass is 199 g/mol. The minimum atomic E-state index is 0.383. The second-order valence-electron chi connectivity index (χ2n) is 4.28. The zero-order chi connectivity index (χ0) is 10.4. The van der Waals surface area contributed by atoms with E-state index in [4.69, 9.17) is 5.73 Å². The molecule has 1 saturated heterocycles. The van der Waals surface area contributed by atoms with Gasteiger partial charge in [-0.3, -0.25) is 4.90 Å². The van der Waals surface area contributed by atoms with Crippen LogP contribution in [0.5, 0.6) is 0 Å². The quantitative estimate of drug-likeness (QED) is 0.709. The molecule has 0 bridgehead atoms. The van der Waals surface area contributed by atoms with E-state index >= 15 is 0 Å². The van der Waals surface area contributed by atoms with Crippen molar-refractivity contribution < 1.29 is 0 Å². The molecule has 0 saturated carbocycles. The molecular weight excluding hydrogens is 174 g/mol. The molecule has 0 unspecified atom stereocenters. The Balaban J connectivity index is 2.15. The van der Waals surface area contributed by atoms with Crippen LogP contribution >= 0.6 is 0 Å². The molecule has 0 spiro atoms. The Morgan fingerprint density at radius 2 is 1.64 bits per heavy atom. The third-order valence-corrected chi connectivity index (χ3v) is 3.06. The topological polar surface area (TPSA) is 32.5 Å². The predicted octanol–water partition coefficient (Wildman–Crippen LogP) is 0.751. The van der Waals surface area contributed by atoms with Gasteiger partial charge in [0, 0.05) is 38.8 Å². The highest BCUT2D eigenvalue weighted by Crippen LogP contribution is 2.03. The second-order valence-corrected chi connectivity index (χ2v) is 4.28. The lowest BCUT2D eigenvalue weighted by atomic mass is 10.1. The highest BCUT2D eigenvalue weighted by atomic mass is 15.3. The fourth-order valence-electron chi connectivity index (χ4n) is 2.08. The lowest BCUT2D eigenvalue weighted by Gasteiger charge is -2.35. The largest absolute Gasteiger partial charge is 0.327 e. The summed E-state index contributed by atoms with van der Waals surface area (Å²) in [5, 5.41) is 0. The van der Waals surface area contributed by atoms with E-state index < -0.39 is 0 Å². The average Bonchev–Trinajstić information content (AvgIpc) is 2.19. The van der Waals surface area contributed by atoms with Gasteiger partial charge in [0.25, 0.3) is 0 Å². The van der Waals surface area contributed by atoms with Crippen molar-refractivity contribution in [3.63, 3.8) is 0 Å². The van der Waals surface area contributed by atoms with Crippen molar-refractivity contribution in [3.8, 4) is 0 Å². The van der Waals surface area contributed by atoms with Crippen molar-refractivity contribution in [2.24, 2.45) is 5.73 Å². The number of rotatable bonds is 5. The smallest absolute Gasteiger partial charge is 0.0167 e. The SMILES string of the molecule is CCC[C@H](N)CN1CCN(CC)CC1. The lowest BCUT2D eigenvalue weighted by molar-refractivity contribution is 0.130. The molecule has 1 aliphatic heterocycles. The summed E-state index contributed by atoms with van der Waals surface area (Å²) in [5.74, 6) is 0. The minimum Gasteiger partial charge on any atom is -0.327 e. The Hall–Kier alpha value is -0.120. The van der Waals surface area contributed by atoms with Crippen LogP contribution in [-0.4, -0.2) is 55.1 Å². The maximum atomic E-state index is 6.03. The molecule has 14 heavy (non-hydrogen) atoms. The molecule has 1 atom stereocenters. The van der Waals surface area contributed by atoms with Crippen LogP contribution in [0.4, 0.5) is 0 Å². The van der Waals surface area contributed by atoms with Crippen molar-refractivity contribution in [1.82, 2.24) is 9.80 Å². The van der Waals surface area contributed by atoms with Crippen LogP contribution in [0.1, 0.15) is 26.7 Å². The molecule has 84 valence electrons. The van der Waals surface area contributed by atoms with E-state index in [1.165, 1.54) is 39.1 Å². The molecule has 1 rings (SSSR count). The third kappa shape index (κ3) is 3.95. The summed E-state index contributed by atoms with van der Waals surface area (Å²) in [6, 6.07) is 0.383. The van der Waals surface area contributed by atoms with Gasteiger partial charge >= 0.3 is 0 Å². The van der Waals surface area contributed by atoms with Crippen molar-refractivity contribution >= 4 is 0 Å². The Labute approximate surface area is 88.2 Å². The Morgan fingerprint density at radius 3 is 2.14 bits per heavy atom. The molecule has 0 aromatic heterocycles. The zero-order valence-corrected chi connectivity index (χ0v) is 9.71. The van der Waals surface area contributed by atoms with Crippen LogP contribution in [0.3, 0.4) is 0 Å². The number of nitrogens with two attached hydrogens (primary N) is 1. The third-order valence-electron chi connectivity index (χ3n) is 3.06. The van der Waals surface area contributed by atoms with E-state index in [0.717, 1.165) is 13.0 Å². The van der Waals surface area contributed by atoms with Crippen LogP contribution in [0.15, 0.2) is 0 Å². The van der Waals surface area contributed by atoms with E-state index in [1.54, 1.807) is 0 Å². The van der Waals surface area contributed by atoms with E-state index in [1.807, 2.05) is 0 Å². The first-order valence-corrected chi connectivity index (χ1v) is 5.96. The number of likely N-dealkylation sites (N-methyl/N-ethyl adjacent to an activating group) is 1. The highest BCUT2D eigenvalue weighted by Gasteiger charge is 2.16. The molecule has 3 heteroatoms. The van der Waals surface area contributed by atoms with Gasteiger partial charge in [-0.2, -0.15) is 0 Å². The van der Waals surface area contributed by atoms with Crippen LogP contribution in [0.25, 0.3) is 0 Å². The number of hydrogen-bond acceptors (Lipinski definition) is 3. The number of hydrogen-bond donors (Lipinski definition) is 1. The van der Waals surface area contributed by atoms with Crippen molar-refractivity contribution in [2.45, 2.75) is 32.7 Å². The van der Waals surface area contributed by atoms with Gasteiger partial charge in [0.15, 0.2) is 0 Å². The molecule has 0 radical (unpaired) electrons.